The summed E-state index contributed by atoms with van der Waals surface area (Å²) in [6.07, 6.45) is 4.57. The van der Waals surface area contributed by atoms with Gasteiger partial charge in [-0.25, -0.2) is 13.1 Å². The van der Waals surface area contributed by atoms with Crippen LogP contribution in [0.25, 0.3) is 6.08 Å². The zero-order chi connectivity index (χ0) is 18.2. The van der Waals surface area contributed by atoms with E-state index in [0.29, 0.717) is 6.42 Å². The molecule has 0 saturated heterocycles. The van der Waals surface area contributed by atoms with E-state index in [-0.39, 0.29) is 10.9 Å². The minimum Gasteiger partial charge on any atom is -0.207 e. The first-order valence-corrected chi connectivity index (χ1v) is 9.97. The molecule has 3 aromatic carbocycles. The van der Waals surface area contributed by atoms with Crippen LogP contribution in [0.15, 0.2) is 102 Å². The Hall–Kier alpha value is -2.69. The van der Waals surface area contributed by atoms with Crippen LogP contribution in [0.5, 0.6) is 0 Å². The highest BCUT2D eigenvalue weighted by Gasteiger charge is 2.20. The average molecular weight is 363 g/mol. The first-order chi connectivity index (χ1) is 12.6. The number of benzene rings is 3. The maximum absolute atomic E-state index is 12.7. The van der Waals surface area contributed by atoms with Crippen molar-refractivity contribution in [3.8, 4) is 0 Å². The van der Waals surface area contributed by atoms with Crippen LogP contribution in [0.4, 0.5) is 0 Å². The monoisotopic (exact) mass is 363 g/mol. The van der Waals surface area contributed by atoms with Gasteiger partial charge in [-0.15, -0.1) is 0 Å². The zero-order valence-electron chi connectivity index (χ0n) is 14.3. The predicted molar refractivity (Wildman–Crippen MR) is 106 cm³/mol. The van der Waals surface area contributed by atoms with Crippen LogP contribution >= 0.6 is 0 Å². The summed E-state index contributed by atoms with van der Waals surface area (Å²) in [6, 6.07) is 27.7. The molecular weight excluding hydrogens is 342 g/mol. The molecule has 0 aromatic heterocycles. The van der Waals surface area contributed by atoms with E-state index in [2.05, 4.69) is 4.72 Å². The van der Waals surface area contributed by atoms with Gasteiger partial charge < -0.3 is 0 Å². The molecule has 0 bridgehead atoms. The lowest BCUT2D eigenvalue weighted by Gasteiger charge is -2.18. The molecule has 26 heavy (non-hydrogen) atoms. The molecule has 0 amide bonds. The second-order valence-corrected chi connectivity index (χ2v) is 7.66. The Morgan fingerprint density at radius 1 is 0.769 bits per heavy atom. The molecule has 3 nitrogen and oxygen atoms in total. The van der Waals surface area contributed by atoms with E-state index in [1.807, 2.05) is 72.8 Å². The van der Waals surface area contributed by atoms with Crippen molar-refractivity contribution in [2.45, 2.75) is 17.4 Å². The highest BCUT2D eigenvalue weighted by atomic mass is 32.2. The SMILES string of the molecule is O=S(=O)(NC(C/C=C\c1ccccc1)c1ccccc1)c1ccccc1. The Bertz CT molecular complexity index is 937. The topological polar surface area (TPSA) is 46.2 Å². The lowest BCUT2D eigenvalue weighted by Crippen LogP contribution is -2.28. The van der Waals surface area contributed by atoms with Gasteiger partial charge in [0.2, 0.25) is 10.0 Å². The molecule has 0 fully saturated rings. The molecular formula is C22H21NO2S. The number of hydrogen-bond donors (Lipinski definition) is 1. The molecule has 0 aliphatic heterocycles. The van der Waals surface area contributed by atoms with Crippen LogP contribution in [-0.2, 0) is 10.0 Å². The third-order valence-corrected chi connectivity index (χ3v) is 5.52. The van der Waals surface area contributed by atoms with E-state index in [9.17, 15) is 8.42 Å². The smallest absolute Gasteiger partial charge is 0.207 e. The molecule has 0 heterocycles. The van der Waals surface area contributed by atoms with Crippen molar-refractivity contribution in [1.29, 1.82) is 0 Å². The van der Waals surface area contributed by atoms with Crippen molar-refractivity contribution < 1.29 is 8.42 Å². The molecule has 0 aliphatic rings. The van der Waals surface area contributed by atoms with Gasteiger partial charge in [0, 0.05) is 0 Å². The fourth-order valence-electron chi connectivity index (χ4n) is 2.70. The number of sulfonamides is 1. The fourth-order valence-corrected chi connectivity index (χ4v) is 3.96. The minimum absolute atomic E-state index is 0.271. The molecule has 0 saturated carbocycles. The summed E-state index contributed by atoms with van der Waals surface area (Å²) >= 11 is 0. The van der Waals surface area contributed by atoms with Gasteiger partial charge in [0.05, 0.1) is 10.9 Å². The summed E-state index contributed by atoms with van der Waals surface area (Å²) in [7, 11) is -3.59. The van der Waals surface area contributed by atoms with Gasteiger partial charge in [0.25, 0.3) is 0 Å². The average Bonchev–Trinajstić information content (AvgIpc) is 2.69. The van der Waals surface area contributed by atoms with Gasteiger partial charge in [-0.2, -0.15) is 0 Å². The number of hydrogen-bond acceptors (Lipinski definition) is 2. The maximum Gasteiger partial charge on any atom is 0.241 e. The summed E-state index contributed by atoms with van der Waals surface area (Å²) in [5.41, 5.74) is 2.02. The molecule has 1 N–H and O–H groups in total. The van der Waals surface area contributed by atoms with Gasteiger partial charge in [0.1, 0.15) is 0 Å². The first-order valence-electron chi connectivity index (χ1n) is 8.49. The predicted octanol–water partition coefficient (Wildman–Crippen LogP) is 4.81. The Balaban J connectivity index is 1.81. The van der Waals surface area contributed by atoms with Crippen LogP contribution in [0.2, 0.25) is 0 Å². The van der Waals surface area contributed by atoms with E-state index < -0.39 is 10.0 Å². The van der Waals surface area contributed by atoms with E-state index in [4.69, 9.17) is 0 Å². The summed E-state index contributed by atoms with van der Waals surface area (Å²) in [4.78, 5) is 0.271. The molecule has 1 atom stereocenters. The van der Waals surface area contributed by atoms with Crippen LogP contribution in [0.1, 0.15) is 23.6 Å². The van der Waals surface area contributed by atoms with E-state index in [1.165, 1.54) is 0 Å². The van der Waals surface area contributed by atoms with E-state index >= 15 is 0 Å². The quantitative estimate of drug-likeness (QED) is 0.655. The molecule has 3 aromatic rings. The maximum atomic E-state index is 12.7. The van der Waals surface area contributed by atoms with Gasteiger partial charge >= 0.3 is 0 Å². The third-order valence-electron chi connectivity index (χ3n) is 4.03. The number of nitrogens with one attached hydrogen (secondary N) is 1. The number of rotatable bonds is 7. The van der Waals surface area contributed by atoms with E-state index in [1.54, 1.807) is 30.3 Å². The van der Waals surface area contributed by atoms with Crippen LogP contribution in [0, 0.1) is 0 Å². The van der Waals surface area contributed by atoms with Gasteiger partial charge in [-0.1, -0.05) is 91.0 Å². The summed E-state index contributed by atoms with van der Waals surface area (Å²) in [6.45, 7) is 0. The lowest BCUT2D eigenvalue weighted by molar-refractivity contribution is 0.558. The third kappa shape index (κ3) is 4.91. The molecule has 3 rings (SSSR count). The molecule has 0 spiro atoms. The Kier molecular flexibility index (Phi) is 6.00. The minimum atomic E-state index is -3.59. The summed E-state index contributed by atoms with van der Waals surface area (Å²) < 4.78 is 28.3. The lowest BCUT2D eigenvalue weighted by atomic mass is 10.0. The molecule has 0 radical (unpaired) electrons. The largest absolute Gasteiger partial charge is 0.241 e. The van der Waals surface area contributed by atoms with Crippen molar-refractivity contribution in [1.82, 2.24) is 4.72 Å². The summed E-state index contributed by atoms with van der Waals surface area (Å²) in [5, 5.41) is 0. The van der Waals surface area contributed by atoms with Crippen molar-refractivity contribution in [3.63, 3.8) is 0 Å². The van der Waals surface area contributed by atoms with Crippen LogP contribution < -0.4 is 4.72 Å². The van der Waals surface area contributed by atoms with Crippen molar-refractivity contribution in [2.24, 2.45) is 0 Å². The molecule has 4 heteroatoms. The fraction of sp³-hybridized carbons (Fsp3) is 0.0909. The highest BCUT2D eigenvalue weighted by molar-refractivity contribution is 7.89. The van der Waals surface area contributed by atoms with Crippen molar-refractivity contribution in [3.05, 3.63) is 108 Å². The first kappa shape index (κ1) is 18.1. The van der Waals surface area contributed by atoms with Crippen LogP contribution in [-0.4, -0.2) is 8.42 Å². The zero-order valence-corrected chi connectivity index (χ0v) is 15.1. The van der Waals surface area contributed by atoms with Crippen molar-refractivity contribution in [2.75, 3.05) is 0 Å². The Morgan fingerprint density at radius 3 is 1.92 bits per heavy atom. The summed E-state index contributed by atoms with van der Waals surface area (Å²) in [5.74, 6) is 0. The van der Waals surface area contributed by atoms with E-state index in [0.717, 1.165) is 11.1 Å². The van der Waals surface area contributed by atoms with Gasteiger partial charge in [-0.3, -0.25) is 0 Å². The molecule has 1 unspecified atom stereocenters. The van der Waals surface area contributed by atoms with Gasteiger partial charge in [0.15, 0.2) is 0 Å². The normalized spacial score (nSPS) is 12.9. The Labute approximate surface area is 155 Å². The second-order valence-electron chi connectivity index (χ2n) is 5.95. The van der Waals surface area contributed by atoms with Gasteiger partial charge in [-0.05, 0) is 29.7 Å². The van der Waals surface area contributed by atoms with Crippen molar-refractivity contribution >= 4 is 16.1 Å². The highest BCUT2D eigenvalue weighted by Crippen LogP contribution is 2.21. The standard InChI is InChI=1S/C22H21NO2S/c24-26(25,21-16-8-3-9-17-21)23-22(20-14-6-2-7-15-20)18-10-13-19-11-4-1-5-12-19/h1-17,22-23H,18H2/b13-10-. The molecule has 0 aliphatic carbocycles. The molecule has 132 valence electrons. The Morgan fingerprint density at radius 2 is 1.31 bits per heavy atom. The van der Waals surface area contributed by atoms with Crippen LogP contribution in [0.3, 0.4) is 0 Å². The second kappa shape index (κ2) is 8.61.